The van der Waals surface area contributed by atoms with Gasteiger partial charge in [0.05, 0.1) is 36.6 Å². The number of ether oxygens (including phenoxy) is 3. The van der Waals surface area contributed by atoms with Crippen molar-refractivity contribution >= 4 is 41.3 Å². The summed E-state index contributed by atoms with van der Waals surface area (Å²) in [5, 5.41) is 4.54. The van der Waals surface area contributed by atoms with Gasteiger partial charge in [-0.15, -0.1) is 0 Å². The van der Waals surface area contributed by atoms with Crippen molar-refractivity contribution in [3.63, 3.8) is 0 Å². The Bertz CT molecular complexity index is 1180. The van der Waals surface area contributed by atoms with Crippen LogP contribution in [0.4, 0.5) is 0 Å². The molecule has 0 saturated heterocycles. The zero-order valence-corrected chi connectivity index (χ0v) is 18.6. The molecule has 9 heteroatoms. The number of benzene rings is 3. The molecule has 164 valence electrons. The highest BCUT2D eigenvalue weighted by Gasteiger charge is 2.16. The molecule has 0 bridgehead atoms. The largest absolute Gasteiger partial charge is 0.496 e. The van der Waals surface area contributed by atoms with Gasteiger partial charge < -0.3 is 14.2 Å². The second-order valence-electron chi connectivity index (χ2n) is 6.32. The van der Waals surface area contributed by atoms with E-state index < -0.39 is 11.9 Å². The molecule has 0 spiro atoms. The predicted octanol–water partition coefficient (Wildman–Crippen LogP) is 4.99. The van der Waals surface area contributed by atoms with Crippen LogP contribution in [-0.2, 0) is 0 Å². The van der Waals surface area contributed by atoms with Gasteiger partial charge in [-0.05, 0) is 54.1 Å². The molecule has 32 heavy (non-hydrogen) atoms. The van der Waals surface area contributed by atoms with Crippen LogP contribution in [0.5, 0.6) is 17.2 Å². The van der Waals surface area contributed by atoms with Crippen LogP contribution < -0.4 is 19.6 Å². The van der Waals surface area contributed by atoms with E-state index in [1.807, 2.05) is 0 Å². The molecule has 0 atom stereocenters. The molecule has 0 aliphatic carbocycles. The van der Waals surface area contributed by atoms with Gasteiger partial charge in [-0.2, -0.15) is 5.10 Å². The van der Waals surface area contributed by atoms with Crippen LogP contribution in [-0.4, -0.2) is 32.3 Å². The number of carbonyl (C=O) groups excluding carboxylic acids is 2. The van der Waals surface area contributed by atoms with E-state index in [-0.39, 0.29) is 16.3 Å². The van der Waals surface area contributed by atoms with E-state index in [2.05, 4.69) is 10.5 Å². The van der Waals surface area contributed by atoms with E-state index >= 15 is 0 Å². The average molecular weight is 473 g/mol. The molecule has 0 aliphatic heterocycles. The van der Waals surface area contributed by atoms with Crippen molar-refractivity contribution in [2.45, 2.75) is 0 Å². The van der Waals surface area contributed by atoms with Crippen LogP contribution in [0.1, 0.15) is 26.3 Å². The number of carbonyl (C=O) groups is 2. The maximum absolute atomic E-state index is 12.4. The van der Waals surface area contributed by atoms with Crippen molar-refractivity contribution < 1.29 is 23.8 Å². The van der Waals surface area contributed by atoms with Crippen molar-refractivity contribution in [3.8, 4) is 17.2 Å². The number of hydrogen-bond donors (Lipinski definition) is 1. The van der Waals surface area contributed by atoms with Crippen LogP contribution in [0.25, 0.3) is 0 Å². The number of amides is 1. The Morgan fingerprint density at radius 3 is 2.34 bits per heavy atom. The first kappa shape index (κ1) is 23.1. The third-order valence-corrected chi connectivity index (χ3v) is 4.82. The SMILES string of the molecule is COc1cc(C=NNC(=O)c2ccccc2OC)ccc1OC(=O)c1ccc(Cl)cc1Cl. The standard InChI is InChI=1S/C23H18Cl2N2O5/c1-30-19-6-4-3-5-17(19)22(28)27-26-13-14-7-10-20(21(11-14)31-2)32-23(29)16-9-8-15(24)12-18(16)25/h3-13H,1-2H3,(H,27,28). The molecule has 0 fully saturated rings. The van der Waals surface area contributed by atoms with E-state index in [0.717, 1.165) is 0 Å². The lowest BCUT2D eigenvalue weighted by Crippen LogP contribution is -2.18. The number of hydrogen-bond acceptors (Lipinski definition) is 6. The maximum Gasteiger partial charge on any atom is 0.345 e. The van der Waals surface area contributed by atoms with Gasteiger partial charge in [-0.25, -0.2) is 10.2 Å². The summed E-state index contributed by atoms with van der Waals surface area (Å²) in [6.07, 6.45) is 1.43. The fourth-order valence-electron chi connectivity index (χ4n) is 2.72. The van der Waals surface area contributed by atoms with Gasteiger partial charge in [0.2, 0.25) is 0 Å². The Kier molecular flexibility index (Phi) is 7.70. The Labute approximate surface area is 194 Å². The summed E-state index contributed by atoms with van der Waals surface area (Å²) >= 11 is 11.9. The fourth-order valence-corrected chi connectivity index (χ4v) is 3.20. The molecular weight excluding hydrogens is 455 g/mol. The highest BCUT2D eigenvalue weighted by atomic mass is 35.5. The number of halogens is 2. The van der Waals surface area contributed by atoms with Crippen molar-refractivity contribution in [2.75, 3.05) is 14.2 Å². The zero-order valence-electron chi connectivity index (χ0n) is 17.1. The van der Waals surface area contributed by atoms with Gasteiger partial charge in [-0.1, -0.05) is 35.3 Å². The molecule has 3 aromatic carbocycles. The Balaban J connectivity index is 1.71. The normalized spacial score (nSPS) is 10.6. The molecular formula is C23H18Cl2N2O5. The van der Waals surface area contributed by atoms with E-state index in [1.165, 1.54) is 32.6 Å². The van der Waals surface area contributed by atoms with Gasteiger partial charge in [0.15, 0.2) is 11.5 Å². The average Bonchev–Trinajstić information content (AvgIpc) is 2.79. The van der Waals surface area contributed by atoms with Gasteiger partial charge >= 0.3 is 5.97 Å². The number of methoxy groups -OCH3 is 2. The van der Waals surface area contributed by atoms with E-state index in [9.17, 15) is 9.59 Å². The van der Waals surface area contributed by atoms with E-state index in [0.29, 0.717) is 27.6 Å². The quantitative estimate of drug-likeness (QED) is 0.226. The number of nitrogens with zero attached hydrogens (tertiary/aromatic N) is 1. The van der Waals surface area contributed by atoms with Crippen molar-refractivity contribution in [1.82, 2.24) is 5.43 Å². The monoisotopic (exact) mass is 472 g/mol. The summed E-state index contributed by atoms with van der Waals surface area (Å²) in [5.74, 6) is -0.150. The lowest BCUT2D eigenvalue weighted by molar-refractivity contribution is 0.0729. The predicted molar refractivity (Wildman–Crippen MR) is 122 cm³/mol. The number of nitrogens with one attached hydrogen (secondary N) is 1. The first-order valence-corrected chi connectivity index (χ1v) is 10.00. The highest BCUT2D eigenvalue weighted by Crippen LogP contribution is 2.30. The van der Waals surface area contributed by atoms with Crippen LogP contribution in [0.15, 0.2) is 65.8 Å². The highest BCUT2D eigenvalue weighted by molar-refractivity contribution is 6.36. The van der Waals surface area contributed by atoms with Gasteiger partial charge in [0, 0.05) is 5.02 Å². The maximum atomic E-state index is 12.4. The molecule has 0 aromatic heterocycles. The third-order valence-electron chi connectivity index (χ3n) is 4.27. The topological polar surface area (TPSA) is 86.2 Å². The van der Waals surface area contributed by atoms with Crippen LogP contribution >= 0.6 is 23.2 Å². The third kappa shape index (κ3) is 5.57. The number of para-hydroxylation sites is 1. The minimum Gasteiger partial charge on any atom is -0.496 e. The zero-order chi connectivity index (χ0) is 23.1. The van der Waals surface area contributed by atoms with Crippen molar-refractivity contribution in [3.05, 3.63) is 87.4 Å². The molecule has 7 nitrogen and oxygen atoms in total. The first-order valence-electron chi connectivity index (χ1n) is 9.24. The lowest BCUT2D eigenvalue weighted by atomic mass is 10.2. The van der Waals surface area contributed by atoms with E-state index in [4.69, 9.17) is 37.4 Å². The first-order chi connectivity index (χ1) is 15.4. The molecule has 1 amide bonds. The summed E-state index contributed by atoms with van der Waals surface area (Å²) in [5.41, 5.74) is 3.56. The molecule has 0 aliphatic rings. The molecule has 0 saturated carbocycles. The second-order valence-corrected chi connectivity index (χ2v) is 7.17. The van der Waals surface area contributed by atoms with Gasteiger partial charge in [-0.3, -0.25) is 4.79 Å². The number of esters is 1. The second kappa shape index (κ2) is 10.7. The minimum atomic E-state index is -0.657. The van der Waals surface area contributed by atoms with Gasteiger partial charge in [0.1, 0.15) is 5.75 Å². The van der Waals surface area contributed by atoms with Crippen LogP contribution in [0, 0.1) is 0 Å². The molecule has 0 radical (unpaired) electrons. The molecule has 0 unspecified atom stereocenters. The van der Waals surface area contributed by atoms with Crippen LogP contribution in [0.2, 0.25) is 10.0 Å². The molecule has 3 rings (SSSR count). The number of rotatable bonds is 7. The Morgan fingerprint density at radius 1 is 0.875 bits per heavy atom. The molecule has 3 aromatic rings. The smallest absolute Gasteiger partial charge is 0.345 e. The minimum absolute atomic E-state index is 0.169. The lowest BCUT2D eigenvalue weighted by Gasteiger charge is -2.11. The van der Waals surface area contributed by atoms with Crippen molar-refractivity contribution in [1.29, 1.82) is 0 Å². The fraction of sp³-hybridized carbons (Fsp3) is 0.0870. The summed E-state index contributed by atoms with van der Waals surface area (Å²) in [6, 6.07) is 16.1. The summed E-state index contributed by atoms with van der Waals surface area (Å²) in [6.45, 7) is 0. The Morgan fingerprint density at radius 2 is 1.62 bits per heavy atom. The molecule has 0 heterocycles. The summed E-state index contributed by atoms with van der Waals surface area (Å²) in [7, 11) is 2.92. The summed E-state index contributed by atoms with van der Waals surface area (Å²) in [4.78, 5) is 24.7. The summed E-state index contributed by atoms with van der Waals surface area (Å²) < 4.78 is 15.9. The molecule has 1 N–H and O–H groups in total. The van der Waals surface area contributed by atoms with Crippen LogP contribution in [0.3, 0.4) is 0 Å². The number of hydrazone groups is 1. The van der Waals surface area contributed by atoms with E-state index in [1.54, 1.807) is 48.5 Å². The van der Waals surface area contributed by atoms with Gasteiger partial charge in [0.25, 0.3) is 5.91 Å². The Hall–Kier alpha value is -3.55. The van der Waals surface area contributed by atoms with Crippen molar-refractivity contribution in [2.24, 2.45) is 5.10 Å².